The number of methoxy groups -OCH3 is 2. The normalized spacial score (nSPS) is 17.9. The lowest BCUT2D eigenvalue weighted by Gasteiger charge is -2.39. The molecule has 1 aromatic heterocycles. The molecule has 2 atom stereocenters. The molecule has 4 rings (SSSR count). The number of amides is 2. The molecule has 2 aromatic carbocycles. The van der Waals surface area contributed by atoms with E-state index in [1.54, 1.807) is 44.7 Å². The summed E-state index contributed by atoms with van der Waals surface area (Å²) in [6, 6.07) is 16.6. The van der Waals surface area contributed by atoms with E-state index in [4.69, 9.17) is 15.2 Å². The quantitative estimate of drug-likeness (QED) is 0.625. The van der Waals surface area contributed by atoms with Crippen molar-refractivity contribution in [2.24, 2.45) is 5.73 Å². The minimum Gasteiger partial charge on any atom is -0.493 e. The summed E-state index contributed by atoms with van der Waals surface area (Å²) in [4.78, 5) is 31.6. The van der Waals surface area contributed by atoms with E-state index in [0.717, 1.165) is 11.1 Å². The first-order valence-corrected chi connectivity index (χ1v) is 10.8. The number of rotatable bonds is 6. The molecule has 1 aliphatic rings. The van der Waals surface area contributed by atoms with Crippen LogP contribution in [-0.2, 0) is 0 Å². The van der Waals surface area contributed by atoms with Crippen LogP contribution in [0.2, 0.25) is 0 Å². The van der Waals surface area contributed by atoms with Crippen molar-refractivity contribution in [2.45, 2.75) is 18.3 Å². The van der Waals surface area contributed by atoms with E-state index >= 15 is 0 Å². The summed E-state index contributed by atoms with van der Waals surface area (Å²) < 4.78 is 10.7. The molecule has 7 heteroatoms. The summed E-state index contributed by atoms with van der Waals surface area (Å²) >= 11 is 0. The third-order valence-electron chi connectivity index (χ3n) is 6.27. The SMILES string of the molecule is COc1ccc(C(=O)N2CCC(c3ccccc3C(N)=O)C(c3cccnc3)C2)cc1OC. The second kappa shape index (κ2) is 9.73. The highest BCUT2D eigenvalue weighted by atomic mass is 16.5. The monoisotopic (exact) mass is 445 g/mol. The van der Waals surface area contributed by atoms with Gasteiger partial charge in [-0.3, -0.25) is 14.6 Å². The molecule has 33 heavy (non-hydrogen) atoms. The minimum atomic E-state index is -0.445. The van der Waals surface area contributed by atoms with Crippen LogP contribution in [-0.4, -0.2) is 49.0 Å². The van der Waals surface area contributed by atoms with Crippen LogP contribution < -0.4 is 15.2 Å². The number of carbonyl (C=O) groups is 2. The van der Waals surface area contributed by atoms with E-state index in [1.807, 2.05) is 41.4 Å². The topological polar surface area (TPSA) is 94.8 Å². The molecule has 0 bridgehead atoms. The number of primary amides is 1. The van der Waals surface area contributed by atoms with Gasteiger partial charge in [0.05, 0.1) is 14.2 Å². The van der Waals surface area contributed by atoms with Crippen molar-refractivity contribution in [2.75, 3.05) is 27.3 Å². The number of nitrogens with zero attached hydrogens (tertiary/aromatic N) is 2. The average molecular weight is 446 g/mol. The van der Waals surface area contributed by atoms with E-state index in [9.17, 15) is 9.59 Å². The molecule has 0 spiro atoms. The Morgan fingerprint density at radius 2 is 1.79 bits per heavy atom. The molecule has 0 radical (unpaired) electrons. The highest BCUT2D eigenvalue weighted by Crippen LogP contribution is 2.41. The molecule has 7 nitrogen and oxygen atoms in total. The number of pyridine rings is 1. The van der Waals surface area contributed by atoms with Crippen molar-refractivity contribution in [3.05, 3.63) is 89.2 Å². The average Bonchev–Trinajstić information content (AvgIpc) is 2.88. The van der Waals surface area contributed by atoms with Gasteiger partial charge in [0.25, 0.3) is 5.91 Å². The van der Waals surface area contributed by atoms with Gasteiger partial charge in [0, 0.05) is 42.5 Å². The van der Waals surface area contributed by atoms with E-state index in [-0.39, 0.29) is 17.7 Å². The zero-order valence-corrected chi connectivity index (χ0v) is 18.7. The van der Waals surface area contributed by atoms with Crippen LogP contribution in [0.3, 0.4) is 0 Å². The fourth-order valence-electron chi connectivity index (χ4n) is 4.64. The van der Waals surface area contributed by atoms with Crippen molar-refractivity contribution < 1.29 is 19.1 Å². The highest BCUT2D eigenvalue weighted by molar-refractivity contribution is 5.95. The number of hydrogen-bond acceptors (Lipinski definition) is 5. The molecule has 0 aliphatic carbocycles. The maximum Gasteiger partial charge on any atom is 0.254 e. The summed E-state index contributed by atoms with van der Waals surface area (Å²) in [7, 11) is 3.11. The summed E-state index contributed by atoms with van der Waals surface area (Å²) in [6.07, 6.45) is 4.25. The first kappa shape index (κ1) is 22.3. The first-order valence-electron chi connectivity index (χ1n) is 10.8. The Labute approximate surface area is 193 Å². The fraction of sp³-hybridized carbons (Fsp3) is 0.269. The van der Waals surface area contributed by atoms with Crippen LogP contribution in [0.5, 0.6) is 11.5 Å². The van der Waals surface area contributed by atoms with E-state index in [2.05, 4.69) is 4.98 Å². The molecule has 0 saturated carbocycles. The number of likely N-dealkylation sites (tertiary alicyclic amines) is 1. The number of carbonyl (C=O) groups excluding carboxylic acids is 2. The molecule has 1 saturated heterocycles. The van der Waals surface area contributed by atoms with Gasteiger partial charge in [0.1, 0.15) is 0 Å². The molecule has 3 aromatic rings. The third kappa shape index (κ3) is 4.53. The van der Waals surface area contributed by atoms with Crippen molar-refractivity contribution in [1.29, 1.82) is 0 Å². The smallest absolute Gasteiger partial charge is 0.254 e. The lowest BCUT2D eigenvalue weighted by Crippen LogP contribution is -2.42. The lowest BCUT2D eigenvalue weighted by atomic mass is 9.75. The molecule has 1 aliphatic heterocycles. The molecular weight excluding hydrogens is 418 g/mol. The predicted octanol–water partition coefficient (Wildman–Crippen LogP) is 3.61. The molecular formula is C26H27N3O4. The Kier molecular flexibility index (Phi) is 6.58. The Bertz CT molecular complexity index is 1150. The van der Waals surface area contributed by atoms with Crippen LogP contribution in [0.25, 0.3) is 0 Å². The third-order valence-corrected chi connectivity index (χ3v) is 6.27. The number of piperidine rings is 1. The van der Waals surface area contributed by atoms with Gasteiger partial charge in [-0.1, -0.05) is 24.3 Å². The lowest BCUT2D eigenvalue weighted by molar-refractivity contribution is 0.0689. The van der Waals surface area contributed by atoms with Gasteiger partial charge in [-0.2, -0.15) is 0 Å². The predicted molar refractivity (Wildman–Crippen MR) is 125 cm³/mol. The molecule has 170 valence electrons. The Balaban J connectivity index is 1.67. The van der Waals surface area contributed by atoms with Crippen molar-refractivity contribution in [3.8, 4) is 11.5 Å². The second-order valence-corrected chi connectivity index (χ2v) is 8.06. The van der Waals surface area contributed by atoms with Crippen molar-refractivity contribution in [1.82, 2.24) is 9.88 Å². The van der Waals surface area contributed by atoms with Gasteiger partial charge >= 0.3 is 0 Å². The van der Waals surface area contributed by atoms with Crippen LogP contribution in [0.15, 0.2) is 67.0 Å². The number of ether oxygens (including phenoxy) is 2. The zero-order chi connectivity index (χ0) is 23.4. The Hall–Kier alpha value is -3.87. The summed E-state index contributed by atoms with van der Waals surface area (Å²) in [5, 5.41) is 0. The van der Waals surface area contributed by atoms with Gasteiger partial charge in [-0.15, -0.1) is 0 Å². The second-order valence-electron chi connectivity index (χ2n) is 8.06. The van der Waals surface area contributed by atoms with Crippen LogP contribution >= 0.6 is 0 Å². The van der Waals surface area contributed by atoms with E-state index in [0.29, 0.717) is 42.1 Å². The summed E-state index contributed by atoms with van der Waals surface area (Å²) in [5.41, 5.74) is 8.66. The van der Waals surface area contributed by atoms with Crippen LogP contribution in [0.1, 0.15) is 50.1 Å². The first-order chi connectivity index (χ1) is 16.0. The zero-order valence-electron chi connectivity index (χ0n) is 18.7. The standard InChI is InChI=1S/C26H27N3O4/c1-32-23-10-9-17(14-24(23)33-2)26(31)29-13-11-20(19-7-3-4-8-21(19)25(27)30)22(16-29)18-6-5-12-28-15-18/h3-10,12,14-15,20,22H,11,13,16H2,1-2H3,(H2,27,30). The maximum absolute atomic E-state index is 13.4. The largest absolute Gasteiger partial charge is 0.493 e. The molecule has 2 amide bonds. The minimum absolute atomic E-state index is 0.0305. The maximum atomic E-state index is 13.4. The van der Waals surface area contributed by atoms with Gasteiger partial charge in [-0.05, 0) is 53.8 Å². The van der Waals surface area contributed by atoms with Gasteiger partial charge in [0.15, 0.2) is 11.5 Å². The molecule has 2 N–H and O–H groups in total. The molecule has 1 fully saturated rings. The van der Waals surface area contributed by atoms with Gasteiger partial charge in [-0.25, -0.2) is 0 Å². The summed E-state index contributed by atoms with van der Waals surface area (Å²) in [6.45, 7) is 1.05. The summed E-state index contributed by atoms with van der Waals surface area (Å²) in [5.74, 6) is 0.566. The molecule has 2 heterocycles. The highest BCUT2D eigenvalue weighted by Gasteiger charge is 2.35. The van der Waals surface area contributed by atoms with Crippen LogP contribution in [0.4, 0.5) is 0 Å². The van der Waals surface area contributed by atoms with Gasteiger partial charge in [0.2, 0.25) is 5.91 Å². The van der Waals surface area contributed by atoms with E-state index < -0.39 is 5.91 Å². The molecule has 2 unspecified atom stereocenters. The van der Waals surface area contributed by atoms with Crippen LogP contribution in [0, 0.1) is 0 Å². The Morgan fingerprint density at radius 3 is 2.48 bits per heavy atom. The number of benzene rings is 2. The fourth-order valence-corrected chi connectivity index (χ4v) is 4.64. The number of nitrogens with two attached hydrogens (primary N) is 1. The van der Waals surface area contributed by atoms with Crippen molar-refractivity contribution >= 4 is 11.8 Å². The number of hydrogen-bond donors (Lipinski definition) is 1. The van der Waals surface area contributed by atoms with Crippen molar-refractivity contribution in [3.63, 3.8) is 0 Å². The Morgan fingerprint density at radius 1 is 1.00 bits per heavy atom. The van der Waals surface area contributed by atoms with Gasteiger partial charge < -0.3 is 20.1 Å². The van der Waals surface area contributed by atoms with E-state index in [1.165, 1.54) is 0 Å². The number of aromatic nitrogens is 1.